The minimum atomic E-state index is -0.230. The SMILES string of the molecule is COc1ccccc1NC(=O)NCCc1ccc(C)cc1. The lowest BCUT2D eigenvalue weighted by atomic mass is 10.1. The van der Waals surface area contributed by atoms with E-state index in [0.717, 1.165) is 6.42 Å². The number of amides is 2. The highest BCUT2D eigenvalue weighted by Crippen LogP contribution is 2.22. The summed E-state index contributed by atoms with van der Waals surface area (Å²) in [6.07, 6.45) is 0.805. The van der Waals surface area contributed by atoms with Gasteiger partial charge in [-0.2, -0.15) is 0 Å². The molecule has 110 valence electrons. The van der Waals surface area contributed by atoms with Crippen LogP contribution in [0.4, 0.5) is 10.5 Å². The molecule has 0 aliphatic heterocycles. The van der Waals surface area contributed by atoms with Crippen LogP contribution in [0.5, 0.6) is 5.75 Å². The van der Waals surface area contributed by atoms with E-state index in [1.807, 2.05) is 18.2 Å². The summed E-state index contributed by atoms with van der Waals surface area (Å²) in [5, 5.41) is 5.62. The van der Waals surface area contributed by atoms with Crippen molar-refractivity contribution >= 4 is 11.7 Å². The summed E-state index contributed by atoms with van der Waals surface area (Å²) >= 11 is 0. The van der Waals surface area contributed by atoms with Crippen LogP contribution in [0.1, 0.15) is 11.1 Å². The van der Waals surface area contributed by atoms with Crippen molar-refractivity contribution < 1.29 is 9.53 Å². The molecule has 0 aliphatic carbocycles. The van der Waals surface area contributed by atoms with Crippen LogP contribution in [0.3, 0.4) is 0 Å². The van der Waals surface area contributed by atoms with Gasteiger partial charge in [-0.1, -0.05) is 42.0 Å². The van der Waals surface area contributed by atoms with Crippen molar-refractivity contribution in [3.8, 4) is 5.75 Å². The first-order chi connectivity index (χ1) is 10.2. The number of hydrogen-bond donors (Lipinski definition) is 2. The van der Waals surface area contributed by atoms with E-state index >= 15 is 0 Å². The molecule has 0 fully saturated rings. The van der Waals surface area contributed by atoms with Gasteiger partial charge in [0, 0.05) is 6.54 Å². The standard InChI is InChI=1S/C17H20N2O2/c1-13-7-9-14(10-8-13)11-12-18-17(20)19-15-5-3-4-6-16(15)21-2/h3-10H,11-12H2,1-2H3,(H2,18,19,20). The highest BCUT2D eigenvalue weighted by Gasteiger charge is 2.05. The van der Waals surface area contributed by atoms with Crippen molar-refractivity contribution in [3.63, 3.8) is 0 Å². The normalized spacial score (nSPS) is 10.0. The molecule has 4 nitrogen and oxygen atoms in total. The lowest BCUT2D eigenvalue weighted by Crippen LogP contribution is -2.30. The minimum absolute atomic E-state index is 0.230. The smallest absolute Gasteiger partial charge is 0.319 e. The summed E-state index contributed by atoms with van der Waals surface area (Å²) in [4.78, 5) is 11.8. The Bertz CT molecular complexity index is 594. The maximum absolute atomic E-state index is 11.8. The molecule has 21 heavy (non-hydrogen) atoms. The molecule has 0 aliphatic rings. The minimum Gasteiger partial charge on any atom is -0.495 e. The molecule has 0 atom stereocenters. The van der Waals surface area contributed by atoms with Gasteiger partial charge in [0.05, 0.1) is 12.8 Å². The number of para-hydroxylation sites is 2. The van der Waals surface area contributed by atoms with Crippen molar-refractivity contribution in [2.24, 2.45) is 0 Å². The number of anilines is 1. The largest absolute Gasteiger partial charge is 0.495 e. The molecular weight excluding hydrogens is 264 g/mol. The van der Waals surface area contributed by atoms with Gasteiger partial charge in [0.25, 0.3) is 0 Å². The molecule has 0 unspecified atom stereocenters. The second kappa shape index (κ2) is 7.33. The molecule has 0 spiro atoms. The third-order valence-corrected chi connectivity index (χ3v) is 3.18. The van der Waals surface area contributed by atoms with Gasteiger partial charge in [0.1, 0.15) is 5.75 Å². The van der Waals surface area contributed by atoms with Crippen LogP contribution < -0.4 is 15.4 Å². The van der Waals surface area contributed by atoms with E-state index in [1.54, 1.807) is 13.2 Å². The van der Waals surface area contributed by atoms with Crippen LogP contribution >= 0.6 is 0 Å². The first-order valence-electron chi connectivity index (χ1n) is 6.92. The van der Waals surface area contributed by atoms with Gasteiger partial charge in [-0.25, -0.2) is 4.79 Å². The molecule has 2 N–H and O–H groups in total. The van der Waals surface area contributed by atoms with Gasteiger partial charge >= 0.3 is 6.03 Å². The number of ether oxygens (including phenoxy) is 1. The predicted molar refractivity (Wildman–Crippen MR) is 84.9 cm³/mol. The monoisotopic (exact) mass is 284 g/mol. The zero-order chi connectivity index (χ0) is 15.1. The highest BCUT2D eigenvalue weighted by molar-refractivity contribution is 5.90. The molecule has 2 aromatic carbocycles. The molecule has 2 rings (SSSR count). The molecule has 0 saturated carbocycles. The Kier molecular flexibility index (Phi) is 5.21. The van der Waals surface area contributed by atoms with Gasteiger partial charge in [0.2, 0.25) is 0 Å². The number of nitrogens with one attached hydrogen (secondary N) is 2. The highest BCUT2D eigenvalue weighted by atomic mass is 16.5. The predicted octanol–water partition coefficient (Wildman–Crippen LogP) is 3.37. The Balaban J connectivity index is 1.81. The van der Waals surface area contributed by atoms with Gasteiger partial charge in [-0.05, 0) is 31.0 Å². The zero-order valence-corrected chi connectivity index (χ0v) is 12.3. The quantitative estimate of drug-likeness (QED) is 0.884. The maximum atomic E-state index is 11.8. The third-order valence-electron chi connectivity index (χ3n) is 3.18. The first-order valence-corrected chi connectivity index (χ1v) is 6.92. The van der Waals surface area contributed by atoms with Crippen molar-refractivity contribution in [3.05, 3.63) is 59.7 Å². The number of carbonyl (C=O) groups excluding carboxylic acids is 1. The Labute approximate surface area is 125 Å². The first kappa shape index (κ1) is 14.9. The molecule has 2 aromatic rings. The maximum Gasteiger partial charge on any atom is 0.319 e. The van der Waals surface area contributed by atoms with Crippen molar-refractivity contribution in [2.75, 3.05) is 19.0 Å². The molecule has 0 saturated heterocycles. The van der Waals surface area contributed by atoms with Crippen molar-refractivity contribution in [1.82, 2.24) is 5.32 Å². The molecule has 2 amide bonds. The summed E-state index contributed by atoms with van der Waals surface area (Å²) in [5.41, 5.74) is 3.10. The topological polar surface area (TPSA) is 50.4 Å². The Hall–Kier alpha value is -2.49. The van der Waals surface area contributed by atoms with E-state index in [1.165, 1.54) is 11.1 Å². The lowest BCUT2D eigenvalue weighted by molar-refractivity contribution is 0.252. The van der Waals surface area contributed by atoms with Crippen LogP contribution in [-0.2, 0) is 6.42 Å². The Morgan fingerprint density at radius 2 is 1.81 bits per heavy atom. The third kappa shape index (κ3) is 4.53. The van der Waals surface area contributed by atoms with Gasteiger partial charge in [-0.15, -0.1) is 0 Å². The van der Waals surface area contributed by atoms with E-state index in [4.69, 9.17) is 4.74 Å². The number of hydrogen-bond acceptors (Lipinski definition) is 2. The number of aryl methyl sites for hydroxylation is 1. The number of methoxy groups -OCH3 is 1. The molecular formula is C17H20N2O2. The second-order valence-electron chi connectivity index (χ2n) is 4.82. The van der Waals surface area contributed by atoms with Crippen LogP contribution in [0.2, 0.25) is 0 Å². The summed E-state index contributed by atoms with van der Waals surface area (Å²) in [6, 6.07) is 15.4. The molecule has 0 bridgehead atoms. The average Bonchev–Trinajstić information content (AvgIpc) is 2.50. The van der Waals surface area contributed by atoms with E-state index in [0.29, 0.717) is 18.0 Å². The van der Waals surface area contributed by atoms with E-state index in [9.17, 15) is 4.79 Å². The molecule has 0 radical (unpaired) electrons. The zero-order valence-electron chi connectivity index (χ0n) is 12.3. The number of urea groups is 1. The average molecular weight is 284 g/mol. The molecule has 4 heteroatoms. The van der Waals surface area contributed by atoms with Gasteiger partial charge < -0.3 is 15.4 Å². The lowest BCUT2D eigenvalue weighted by Gasteiger charge is -2.11. The molecule has 0 aromatic heterocycles. The second-order valence-corrected chi connectivity index (χ2v) is 4.82. The summed E-state index contributed by atoms with van der Waals surface area (Å²) in [7, 11) is 1.58. The number of rotatable bonds is 5. The van der Waals surface area contributed by atoms with Crippen LogP contribution in [0.25, 0.3) is 0 Å². The number of carbonyl (C=O) groups is 1. The van der Waals surface area contributed by atoms with Gasteiger partial charge in [0.15, 0.2) is 0 Å². The van der Waals surface area contributed by atoms with Crippen LogP contribution in [-0.4, -0.2) is 19.7 Å². The number of benzene rings is 2. The van der Waals surface area contributed by atoms with E-state index in [2.05, 4.69) is 41.8 Å². The van der Waals surface area contributed by atoms with Gasteiger partial charge in [-0.3, -0.25) is 0 Å². The summed E-state index contributed by atoms with van der Waals surface area (Å²) in [6.45, 7) is 2.65. The van der Waals surface area contributed by atoms with Crippen molar-refractivity contribution in [2.45, 2.75) is 13.3 Å². The fourth-order valence-corrected chi connectivity index (χ4v) is 1.99. The molecule has 0 heterocycles. The fourth-order valence-electron chi connectivity index (χ4n) is 1.99. The van der Waals surface area contributed by atoms with Crippen LogP contribution in [0.15, 0.2) is 48.5 Å². The summed E-state index contributed by atoms with van der Waals surface area (Å²) in [5.74, 6) is 0.645. The summed E-state index contributed by atoms with van der Waals surface area (Å²) < 4.78 is 5.19. The van der Waals surface area contributed by atoms with E-state index in [-0.39, 0.29) is 6.03 Å². The Morgan fingerprint density at radius 3 is 2.52 bits per heavy atom. The van der Waals surface area contributed by atoms with E-state index < -0.39 is 0 Å². The fraction of sp³-hybridized carbons (Fsp3) is 0.235. The Morgan fingerprint density at radius 1 is 1.10 bits per heavy atom. The van der Waals surface area contributed by atoms with Crippen molar-refractivity contribution in [1.29, 1.82) is 0 Å². The van der Waals surface area contributed by atoms with Crippen LogP contribution in [0, 0.1) is 6.92 Å².